The van der Waals surface area contributed by atoms with Crippen molar-refractivity contribution in [2.45, 2.75) is 55.4 Å². The van der Waals surface area contributed by atoms with Gasteiger partial charge in [0.2, 0.25) is 0 Å². The van der Waals surface area contributed by atoms with Crippen molar-refractivity contribution in [2.75, 3.05) is 6.61 Å². The Labute approximate surface area is 170 Å². The van der Waals surface area contributed by atoms with Crippen molar-refractivity contribution >= 4 is 10.1 Å². The third-order valence-electron chi connectivity index (χ3n) is 5.40. The lowest BCUT2D eigenvalue weighted by molar-refractivity contribution is -0.193. The topological polar surface area (TPSA) is 94.1 Å². The Kier molecular flexibility index (Phi) is 5.74. The molecule has 0 radical (unpaired) electrons. The first-order chi connectivity index (χ1) is 13.8. The van der Waals surface area contributed by atoms with Crippen LogP contribution < -0.4 is 5.32 Å². The van der Waals surface area contributed by atoms with E-state index in [1.807, 2.05) is 44.2 Å². The first-order valence-electron chi connectivity index (χ1n) is 9.61. The molecule has 156 valence electrons. The number of rotatable bonds is 6. The van der Waals surface area contributed by atoms with Crippen LogP contribution in [0.4, 0.5) is 0 Å². The quantitative estimate of drug-likeness (QED) is 0.691. The summed E-state index contributed by atoms with van der Waals surface area (Å²) in [5, 5.41) is 14.3. The Bertz CT molecular complexity index is 933. The van der Waals surface area contributed by atoms with E-state index in [4.69, 9.17) is 13.7 Å². The molecule has 2 bridgehead atoms. The zero-order valence-corrected chi connectivity index (χ0v) is 17.1. The molecule has 2 saturated heterocycles. The van der Waals surface area contributed by atoms with E-state index in [9.17, 15) is 13.5 Å². The molecule has 2 aliphatic heterocycles. The molecule has 0 amide bonds. The van der Waals surface area contributed by atoms with Gasteiger partial charge < -0.3 is 19.9 Å². The van der Waals surface area contributed by atoms with Crippen LogP contribution in [0.15, 0.2) is 59.5 Å². The van der Waals surface area contributed by atoms with Crippen molar-refractivity contribution in [1.82, 2.24) is 5.32 Å². The van der Waals surface area contributed by atoms with Gasteiger partial charge in [-0.1, -0.05) is 48.0 Å². The summed E-state index contributed by atoms with van der Waals surface area (Å²) in [4.78, 5) is 0.0255. The number of aryl methyl sites for hydroxylation is 1. The van der Waals surface area contributed by atoms with Crippen LogP contribution in [0.2, 0.25) is 0 Å². The van der Waals surface area contributed by atoms with Crippen LogP contribution in [0.1, 0.15) is 24.1 Å². The smallest absolute Gasteiger partial charge is 0.297 e. The monoisotopic (exact) mass is 419 g/mol. The third-order valence-corrected chi connectivity index (χ3v) is 6.72. The van der Waals surface area contributed by atoms with Gasteiger partial charge in [-0.3, -0.25) is 4.18 Å². The average Bonchev–Trinajstić information content (AvgIpc) is 3.16. The fourth-order valence-corrected chi connectivity index (χ4v) is 4.81. The molecule has 7 nitrogen and oxygen atoms in total. The number of hydrogen-bond donors (Lipinski definition) is 2. The zero-order chi connectivity index (χ0) is 20.6. The van der Waals surface area contributed by atoms with Crippen LogP contribution in [0.5, 0.6) is 0 Å². The molecule has 2 heterocycles. The van der Waals surface area contributed by atoms with E-state index in [1.165, 1.54) is 12.1 Å². The highest BCUT2D eigenvalue weighted by Gasteiger charge is 2.52. The molecule has 0 spiro atoms. The molecular formula is C21H25NO6S. The Hall–Kier alpha value is -1.81. The number of aliphatic hydroxyl groups excluding tert-OH is 1. The van der Waals surface area contributed by atoms with E-state index in [0.29, 0.717) is 0 Å². The largest absolute Gasteiger partial charge is 0.388 e. The van der Waals surface area contributed by atoms with Gasteiger partial charge in [-0.2, -0.15) is 8.42 Å². The highest BCUT2D eigenvalue weighted by molar-refractivity contribution is 7.86. The fraction of sp³-hybridized carbons (Fsp3) is 0.429. The number of benzene rings is 2. The summed E-state index contributed by atoms with van der Waals surface area (Å²) in [5.41, 5.74) is 1.98. The van der Waals surface area contributed by atoms with Gasteiger partial charge in [-0.15, -0.1) is 0 Å². The maximum Gasteiger partial charge on any atom is 0.297 e. The van der Waals surface area contributed by atoms with Crippen molar-refractivity contribution in [1.29, 1.82) is 0 Å². The molecule has 0 saturated carbocycles. The first kappa shape index (κ1) is 20.5. The maximum atomic E-state index is 12.7. The highest BCUT2D eigenvalue weighted by atomic mass is 32.2. The highest BCUT2D eigenvalue weighted by Crippen LogP contribution is 2.33. The van der Waals surface area contributed by atoms with E-state index in [-0.39, 0.29) is 23.6 Å². The second-order valence-electron chi connectivity index (χ2n) is 7.52. The molecule has 2 N–H and O–H groups in total. The molecule has 2 fully saturated rings. The van der Waals surface area contributed by atoms with Crippen molar-refractivity contribution < 1.29 is 27.2 Å². The van der Waals surface area contributed by atoms with Gasteiger partial charge in [-0.25, -0.2) is 0 Å². The van der Waals surface area contributed by atoms with Gasteiger partial charge in [0.15, 0.2) is 12.4 Å². The molecule has 0 aliphatic carbocycles. The Balaban J connectivity index is 1.52. The van der Waals surface area contributed by atoms with Gasteiger partial charge in [-0.05, 0) is 31.5 Å². The minimum absolute atomic E-state index is 0.0255. The standard InChI is InChI=1S/C21H25NO6S/c1-13-8-10-16(11-9-13)29(24,25)28-20-19(23)18(17-12-26-21(20)27-17)22-14(2)15-6-4-3-5-7-15/h3-11,14,17-23H,12H2,1-2H3/t14-,17-,18+,19-,20-,21+/m0/s1. The lowest BCUT2D eigenvalue weighted by Crippen LogP contribution is -2.60. The van der Waals surface area contributed by atoms with Crippen molar-refractivity contribution in [3.63, 3.8) is 0 Å². The third kappa shape index (κ3) is 4.23. The average molecular weight is 419 g/mol. The summed E-state index contributed by atoms with van der Waals surface area (Å²) < 4.78 is 42.2. The predicted octanol–water partition coefficient (Wildman–Crippen LogP) is 1.90. The van der Waals surface area contributed by atoms with Gasteiger partial charge in [0.1, 0.15) is 12.2 Å². The van der Waals surface area contributed by atoms with Crippen LogP contribution in [0, 0.1) is 6.92 Å². The summed E-state index contributed by atoms with van der Waals surface area (Å²) in [7, 11) is -4.09. The summed E-state index contributed by atoms with van der Waals surface area (Å²) >= 11 is 0. The molecular weight excluding hydrogens is 394 g/mol. The van der Waals surface area contributed by atoms with E-state index in [0.717, 1.165) is 11.1 Å². The van der Waals surface area contributed by atoms with Crippen LogP contribution in [-0.4, -0.2) is 50.8 Å². The van der Waals surface area contributed by atoms with Gasteiger partial charge >= 0.3 is 0 Å². The van der Waals surface area contributed by atoms with Gasteiger partial charge in [0.05, 0.1) is 17.5 Å². The van der Waals surface area contributed by atoms with Gasteiger partial charge in [0.25, 0.3) is 10.1 Å². The lowest BCUT2D eigenvalue weighted by Gasteiger charge is -2.39. The minimum atomic E-state index is -4.09. The molecule has 2 aliphatic rings. The molecule has 4 rings (SSSR count). The normalized spacial score (nSPS) is 30.2. The number of ether oxygens (including phenoxy) is 2. The number of fused-ring (bicyclic) bond motifs is 2. The number of aliphatic hydroxyl groups is 1. The van der Waals surface area contributed by atoms with Gasteiger partial charge in [0, 0.05) is 6.04 Å². The molecule has 0 unspecified atom stereocenters. The van der Waals surface area contributed by atoms with Crippen molar-refractivity contribution in [2.24, 2.45) is 0 Å². The molecule has 6 atom stereocenters. The summed E-state index contributed by atoms with van der Waals surface area (Å²) in [6.07, 6.45) is -3.60. The van der Waals surface area contributed by atoms with Crippen LogP contribution in [-0.2, 0) is 23.8 Å². The van der Waals surface area contributed by atoms with Crippen LogP contribution in [0.3, 0.4) is 0 Å². The number of hydrogen-bond acceptors (Lipinski definition) is 7. The summed E-state index contributed by atoms with van der Waals surface area (Å²) in [5.74, 6) is 0. The van der Waals surface area contributed by atoms with E-state index >= 15 is 0 Å². The van der Waals surface area contributed by atoms with Crippen LogP contribution >= 0.6 is 0 Å². The van der Waals surface area contributed by atoms with Crippen molar-refractivity contribution in [3.05, 3.63) is 65.7 Å². The number of nitrogens with one attached hydrogen (secondary N) is 1. The van der Waals surface area contributed by atoms with E-state index in [1.54, 1.807) is 12.1 Å². The van der Waals surface area contributed by atoms with Crippen molar-refractivity contribution in [3.8, 4) is 0 Å². The second-order valence-corrected chi connectivity index (χ2v) is 9.09. The Morgan fingerprint density at radius 3 is 2.52 bits per heavy atom. The SMILES string of the molecule is Cc1ccc(S(=O)(=O)O[C@@H]2[C@@H]3OC[C@H](O3)[C@@H](N[C@@H](C)c3ccccc3)[C@@H]2O)cc1. The molecule has 2 aromatic carbocycles. The predicted molar refractivity (Wildman–Crippen MR) is 106 cm³/mol. The molecule has 8 heteroatoms. The maximum absolute atomic E-state index is 12.7. The molecule has 0 aromatic heterocycles. The molecule has 29 heavy (non-hydrogen) atoms. The second kappa shape index (κ2) is 8.14. The first-order valence-corrected chi connectivity index (χ1v) is 11.0. The van der Waals surface area contributed by atoms with E-state index in [2.05, 4.69) is 5.32 Å². The summed E-state index contributed by atoms with van der Waals surface area (Å²) in [6.45, 7) is 4.10. The molecule has 2 aromatic rings. The van der Waals surface area contributed by atoms with E-state index < -0.39 is 34.7 Å². The lowest BCUT2D eigenvalue weighted by atomic mass is 9.96. The minimum Gasteiger partial charge on any atom is -0.388 e. The zero-order valence-electron chi connectivity index (χ0n) is 16.3. The fourth-order valence-electron chi connectivity index (χ4n) is 3.73. The van der Waals surface area contributed by atoms with Crippen LogP contribution in [0.25, 0.3) is 0 Å². The summed E-state index contributed by atoms with van der Waals surface area (Å²) in [6, 6.07) is 15.5. The Morgan fingerprint density at radius 1 is 1.14 bits per heavy atom. The Morgan fingerprint density at radius 2 is 1.83 bits per heavy atom.